The van der Waals surface area contributed by atoms with Crippen molar-refractivity contribution in [3.05, 3.63) is 62.1 Å². The van der Waals surface area contributed by atoms with Crippen LogP contribution in [-0.4, -0.2) is 32.5 Å². The van der Waals surface area contributed by atoms with Crippen LogP contribution in [0.4, 0.5) is 8.78 Å². The highest BCUT2D eigenvalue weighted by molar-refractivity contribution is 7.17. The third-order valence-corrected chi connectivity index (χ3v) is 6.51. The summed E-state index contributed by atoms with van der Waals surface area (Å²) in [4.78, 5) is 40.9. The third-order valence-electron chi connectivity index (χ3n) is 5.62. The van der Waals surface area contributed by atoms with E-state index in [1.807, 2.05) is 6.92 Å². The highest BCUT2D eigenvalue weighted by Crippen LogP contribution is 2.21. The molecule has 0 unspecified atom stereocenters. The molecule has 4 rings (SSSR count). The topological polar surface area (TPSA) is 64.3 Å². The van der Waals surface area contributed by atoms with Crippen LogP contribution in [0.1, 0.15) is 32.6 Å². The fourth-order valence-electron chi connectivity index (χ4n) is 4.09. The molecule has 1 aromatic carbocycles. The molecule has 1 saturated heterocycles. The number of benzene rings is 1. The monoisotopic (exact) mass is 433 g/mol. The normalized spacial score (nSPS) is 16.9. The Kier molecular flexibility index (Phi) is 5.55. The van der Waals surface area contributed by atoms with Gasteiger partial charge in [0.2, 0.25) is 5.91 Å². The van der Waals surface area contributed by atoms with E-state index in [1.54, 1.807) is 16.3 Å². The van der Waals surface area contributed by atoms with Crippen molar-refractivity contribution < 1.29 is 13.6 Å². The van der Waals surface area contributed by atoms with Crippen molar-refractivity contribution in [2.45, 2.75) is 45.2 Å². The van der Waals surface area contributed by atoms with Gasteiger partial charge >= 0.3 is 5.69 Å². The first-order chi connectivity index (χ1) is 14.4. The van der Waals surface area contributed by atoms with Crippen molar-refractivity contribution in [2.75, 3.05) is 6.54 Å². The van der Waals surface area contributed by atoms with Gasteiger partial charge in [0.1, 0.15) is 22.9 Å². The summed E-state index contributed by atoms with van der Waals surface area (Å²) in [5.41, 5.74) is -1.52. The van der Waals surface area contributed by atoms with Crippen molar-refractivity contribution >= 4 is 27.5 Å². The Morgan fingerprint density at radius 1 is 1.20 bits per heavy atom. The molecule has 1 aliphatic rings. The van der Waals surface area contributed by atoms with Crippen LogP contribution in [0.25, 0.3) is 15.9 Å². The van der Waals surface area contributed by atoms with Crippen LogP contribution in [0.15, 0.2) is 39.2 Å². The summed E-state index contributed by atoms with van der Waals surface area (Å²) < 4.78 is 29.8. The van der Waals surface area contributed by atoms with Gasteiger partial charge in [-0.05, 0) is 49.3 Å². The second kappa shape index (κ2) is 8.14. The molecule has 0 N–H and O–H groups in total. The molecule has 6 nitrogen and oxygen atoms in total. The van der Waals surface area contributed by atoms with Crippen LogP contribution >= 0.6 is 11.3 Å². The molecule has 3 aromatic rings. The SMILES string of the molecule is CC[C@H]1CCCCN1C(=O)Cn1c(=O)n(-c2ccc(F)cc2F)c(=O)c2sccc21. The highest BCUT2D eigenvalue weighted by Gasteiger charge is 2.27. The number of fused-ring (bicyclic) bond motifs is 1. The molecule has 1 atom stereocenters. The lowest BCUT2D eigenvalue weighted by atomic mass is 10.00. The second-order valence-electron chi connectivity index (χ2n) is 7.38. The molecule has 0 bridgehead atoms. The Bertz CT molecular complexity index is 1230. The molecule has 0 spiro atoms. The van der Waals surface area contributed by atoms with Gasteiger partial charge in [0.15, 0.2) is 0 Å². The quantitative estimate of drug-likeness (QED) is 0.634. The van der Waals surface area contributed by atoms with Crippen LogP contribution in [-0.2, 0) is 11.3 Å². The lowest BCUT2D eigenvalue weighted by molar-refractivity contribution is -0.135. The zero-order chi connectivity index (χ0) is 21.4. The average Bonchev–Trinajstić information content (AvgIpc) is 3.22. The van der Waals surface area contributed by atoms with E-state index >= 15 is 0 Å². The summed E-state index contributed by atoms with van der Waals surface area (Å²) in [6.45, 7) is 2.41. The lowest BCUT2D eigenvalue weighted by Crippen LogP contribution is -2.47. The first-order valence-electron chi connectivity index (χ1n) is 9.90. The van der Waals surface area contributed by atoms with E-state index in [9.17, 15) is 23.2 Å². The van der Waals surface area contributed by atoms with Crippen LogP contribution in [0.5, 0.6) is 0 Å². The predicted octanol–water partition coefficient (Wildman–Crippen LogP) is 3.28. The van der Waals surface area contributed by atoms with Crippen molar-refractivity contribution in [3.63, 3.8) is 0 Å². The zero-order valence-corrected chi connectivity index (χ0v) is 17.3. The minimum Gasteiger partial charge on any atom is -0.338 e. The number of nitrogens with zero attached hydrogens (tertiary/aromatic N) is 3. The van der Waals surface area contributed by atoms with Crippen LogP contribution in [0.2, 0.25) is 0 Å². The smallest absolute Gasteiger partial charge is 0.336 e. The maximum atomic E-state index is 14.4. The summed E-state index contributed by atoms with van der Waals surface area (Å²) >= 11 is 1.11. The van der Waals surface area contributed by atoms with Crippen molar-refractivity contribution in [1.82, 2.24) is 14.0 Å². The molecule has 0 saturated carbocycles. The van der Waals surface area contributed by atoms with Gasteiger partial charge in [0.05, 0.1) is 11.2 Å². The first kappa shape index (κ1) is 20.5. The second-order valence-corrected chi connectivity index (χ2v) is 8.30. The third kappa shape index (κ3) is 3.47. The maximum Gasteiger partial charge on any atom is 0.336 e. The fraction of sp³-hybridized carbons (Fsp3) is 0.381. The summed E-state index contributed by atoms with van der Waals surface area (Å²) in [5, 5.41) is 1.65. The zero-order valence-electron chi connectivity index (χ0n) is 16.4. The molecule has 9 heteroatoms. The molecular weight excluding hydrogens is 412 g/mol. The minimum atomic E-state index is -1.02. The predicted molar refractivity (Wildman–Crippen MR) is 111 cm³/mol. The van der Waals surface area contributed by atoms with Crippen molar-refractivity contribution in [3.8, 4) is 5.69 Å². The summed E-state index contributed by atoms with van der Waals surface area (Å²) in [5.74, 6) is -2.04. The fourth-order valence-corrected chi connectivity index (χ4v) is 4.92. The number of rotatable bonds is 4. The molecule has 1 fully saturated rings. The Balaban J connectivity index is 1.84. The number of carbonyl (C=O) groups is 1. The van der Waals surface area contributed by atoms with Crippen molar-refractivity contribution in [1.29, 1.82) is 0 Å². The minimum absolute atomic E-state index is 0.125. The molecule has 30 heavy (non-hydrogen) atoms. The molecule has 0 aliphatic carbocycles. The summed E-state index contributed by atoms with van der Waals surface area (Å²) in [6, 6.07) is 4.39. The molecule has 0 radical (unpaired) electrons. The lowest BCUT2D eigenvalue weighted by Gasteiger charge is -2.35. The van der Waals surface area contributed by atoms with Crippen LogP contribution in [0.3, 0.4) is 0 Å². The van der Waals surface area contributed by atoms with E-state index in [4.69, 9.17) is 0 Å². The van der Waals surface area contributed by atoms with E-state index in [2.05, 4.69) is 0 Å². The van der Waals surface area contributed by atoms with Crippen LogP contribution in [0, 0.1) is 11.6 Å². The van der Waals surface area contributed by atoms with Gasteiger partial charge in [-0.3, -0.25) is 14.2 Å². The number of carbonyl (C=O) groups excluding carboxylic acids is 1. The van der Waals surface area contributed by atoms with E-state index in [0.29, 0.717) is 22.7 Å². The van der Waals surface area contributed by atoms with Gasteiger partial charge < -0.3 is 4.90 Å². The molecular formula is C21H21F2N3O3S. The van der Waals surface area contributed by atoms with Gasteiger partial charge in [-0.2, -0.15) is 0 Å². The Hall–Kier alpha value is -2.81. The van der Waals surface area contributed by atoms with Crippen molar-refractivity contribution in [2.24, 2.45) is 0 Å². The van der Waals surface area contributed by atoms with Gasteiger partial charge in [0, 0.05) is 18.7 Å². The number of amides is 1. The molecule has 3 heterocycles. The Morgan fingerprint density at radius 3 is 2.73 bits per heavy atom. The van der Waals surface area contributed by atoms with E-state index in [0.717, 1.165) is 49.2 Å². The first-order valence-corrected chi connectivity index (χ1v) is 10.8. The number of aromatic nitrogens is 2. The van der Waals surface area contributed by atoms with Gasteiger partial charge in [-0.15, -0.1) is 11.3 Å². The number of halogens is 2. The van der Waals surface area contributed by atoms with E-state index in [1.165, 1.54) is 4.57 Å². The molecule has 158 valence electrons. The van der Waals surface area contributed by atoms with Crippen LogP contribution < -0.4 is 11.2 Å². The molecule has 1 aliphatic heterocycles. The number of thiophene rings is 1. The number of hydrogen-bond acceptors (Lipinski definition) is 4. The number of likely N-dealkylation sites (tertiary alicyclic amines) is 1. The molecule has 1 amide bonds. The maximum absolute atomic E-state index is 14.4. The largest absolute Gasteiger partial charge is 0.338 e. The Labute approximate surface area is 175 Å². The number of piperidine rings is 1. The molecule has 2 aromatic heterocycles. The van der Waals surface area contributed by atoms with Gasteiger partial charge in [0.25, 0.3) is 5.56 Å². The summed E-state index contributed by atoms with van der Waals surface area (Å²) in [7, 11) is 0. The van der Waals surface area contributed by atoms with E-state index in [-0.39, 0.29) is 28.9 Å². The standard InChI is InChI=1S/C21H21F2N3O3S/c1-2-14-5-3-4-9-24(14)18(27)12-25-17-8-10-30-19(17)20(28)26(21(25)29)16-7-6-13(22)11-15(16)23/h6-8,10-11,14H,2-5,9,12H2,1H3/t14-/m0/s1. The Morgan fingerprint density at radius 2 is 2.00 bits per heavy atom. The summed E-state index contributed by atoms with van der Waals surface area (Å²) in [6.07, 6.45) is 3.72. The van der Waals surface area contributed by atoms with Gasteiger partial charge in [-0.1, -0.05) is 6.92 Å². The average molecular weight is 433 g/mol. The highest BCUT2D eigenvalue weighted by atomic mass is 32.1. The van der Waals surface area contributed by atoms with E-state index < -0.39 is 22.9 Å². The van der Waals surface area contributed by atoms with Gasteiger partial charge in [-0.25, -0.2) is 18.1 Å². The number of hydrogen-bond donors (Lipinski definition) is 0.